The van der Waals surface area contributed by atoms with Crippen LogP contribution in [-0.4, -0.2) is 33.7 Å². The Kier molecular flexibility index (Phi) is 2.66. The molecule has 1 N–H and O–H groups in total. The van der Waals surface area contributed by atoms with E-state index in [1.54, 1.807) is 17.6 Å². The predicted molar refractivity (Wildman–Crippen MR) is 56.3 cm³/mol. The zero-order chi connectivity index (χ0) is 10.8. The molecule has 0 radical (unpaired) electrons. The van der Waals surface area contributed by atoms with Crippen molar-refractivity contribution in [2.24, 2.45) is 0 Å². The van der Waals surface area contributed by atoms with Crippen LogP contribution in [0.5, 0.6) is 0 Å². The van der Waals surface area contributed by atoms with Crippen LogP contribution < -0.4 is 5.32 Å². The molecule has 15 heavy (non-hydrogen) atoms. The first-order chi connectivity index (χ1) is 7.22. The van der Waals surface area contributed by atoms with Crippen molar-refractivity contribution in [2.75, 3.05) is 13.6 Å². The lowest BCUT2D eigenvalue weighted by Gasteiger charge is -2.00. The van der Waals surface area contributed by atoms with Gasteiger partial charge in [-0.15, -0.1) is 0 Å². The maximum atomic E-state index is 11.6. The SMILES string of the molecule is CNCC(=O)c1cnc2cnc(Cl)cn12. The fraction of sp³-hybridized carbons (Fsp3) is 0.222. The minimum atomic E-state index is -0.0349. The Morgan fingerprint density at radius 2 is 2.33 bits per heavy atom. The largest absolute Gasteiger partial charge is 0.313 e. The van der Waals surface area contributed by atoms with Gasteiger partial charge >= 0.3 is 0 Å². The first-order valence-electron chi connectivity index (χ1n) is 4.39. The lowest BCUT2D eigenvalue weighted by Crippen LogP contribution is -2.19. The van der Waals surface area contributed by atoms with Gasteiger partial charge in [-0.1, -0.05) is 11.6 Å². The van der Waals surface area contributed by atoms with Crippen molar-refractivity contribution < 1.29 is 4.79 Å². The highest BCUT2D eigenvalue weighted by atomic mass is 35.5. The van der Waals surface area contributed by atoms with Gasteiger partial charge in [0.2, 0.25) is 0 Å². The molecule has 2 heterocycles. The topological polar surface area (TPSA) is 59.3 Å². The third-order valence-corrected chi connectivity index (χ3v) is 2.18. The summed E-state index contributed by atoms with van der Waals surface area (Å²) in [5.41, 5.74) is 1.11. The number of ketones is 1. The van der Waals surface area contributed by atoms with Crippen LogP contribution in [0.4, 0.5) is 0 Å². The van der Waals surface area contributed by atoms with Crippen LogP contribution in [0.15, 0.2) is 18.6 Å². The Hall–Kier alpha value is -1.46. The molecule has 0 aromatic carbocycles. The molecule has 0 amide bonds. The van der Waals surface area contributed by atoms with Crippen molar-refractivity contribution in [3.8, 4) is 0 Å². The summed E-state index contributed by atoms with van der Waals surface area (Å²) < 4.78 is 1.63. The van der Waals surface area contributed by atoms with Crippen LogP contribution in [0.2, 0.25) is 5.15 Å². The van der Waals surface area contributed by atoms with Gasteiger partial charge in [-0.3, -0.25) is 9.20 Å². The van der Waals surface area contributed by atoms with E-state index in [-0.39, 0.29) is 12.3 Å². The van der Waals surface area contributed by atoms with Crippen molar-refractivity contribution >= 4 is 23.0 Å². The number of carbonyl (C=O) groups is 1. The summed E-state index contributed by atoms with van der Waals surface area (Å²) in [5.74, 6) is -0.0349. The van der Waals surface area contributed by atoms with Gasteiger partial charge in [-0.05, 0) is 7.05 Å². The molecule has 0 saturated heterocycles. The highest BCUT2D eigenvalue weighted by Gasteiger charge is 2.11. The number of carbonyl (C=O) groups excluding carboxylic acids is 1. The third-order valence-electron chi connectivity index (χ3n) is 1.99. The number of Topliss-reactive ketones (excluding diaryl/α,β-unsaturated/α-hetero) is 1. The molecule has 5 nitrogen and oxygen atoms in total. The standard InChI is InChI=1S/C9H9ClN4O/c1-11-3-7(15)6-2-13-9-4-12-8(10)5-14(6)9/h2,4-5,11H,3H2,1H3. The average molecular weight is 225 g/mol. The molecule has 0 aliphatic rings. The normalized spacial score (nSPS) is 10.8. The van der Waals surface area contributed by atoms with E-state index in [0.29, 0.717) is 16.5 Å². The number of rotatable bonds is 3. The first-order valence-corrected chi connectivity index (χ1v) is 4.76. The molecule has 2 aromatic rings. The monoisotopic (exact) mass is 224 g/mol. The van der Waals surface area contributed by atoms with E-state index in [9.17, 15) is 4.79 Å². The van der Waals surface area contributed by atoms with Gasteiger partial charge in [0.15, 0.2) is 11.4 Å². The third kappa shape index (κ3) is 1.84. The van der Waals surface area contributed by atoms with Gasteiger partial charge in [0.1, 0.15) is 10.8 Å². The van der Waals surface area contributed by atoms with E-state index in [0.717, 1.165) is 0 Å². The predicted octanol–water partition coefficient (Wildman–Crippen LogP) is 0.785. The number of nitrogens with one attached hydrogen (secondary N) is 1. The van der Waals surface area contributed by atoms with Gasteiger partial charge in [0.25, 0.3) is 0 Å². The molecule has 0 atom stereocenters. The minimum Gasteiger partial charge on any atom is -0.313 e. The average Bonchev–Trinajstić information content (AvgIpc) is 2.60. The van der Waals surface area contributed by atoms with Crippen LogP contribution in [0, 0.1) is 0 Å². The van der Waals surface area contributed by atoms with Gasteiger partial charge in [0.05, 0.1) is 18.9 Å². The summed E-state index contributed by atoms with van der Waals surface area (Å²) in [4.78, 5) is 19.6. The molecular weight excluding hydrogens is 216 g/mol. The summed E-state index contributed by atoms with van der Waals surface area (Å²) in [7, 11) is 1.72. The fourth-order valence-electron chi connectivity index (χ4n) is 1.32. The molecule has 2 rings (SSSR count). The smallest absolute Gasteiger partial charge is 0.194 e. The Bertz CT molecular complexity index is 508. The summed E-state index contributed by atoms with van der Waals surface area (Å²) in [6.07, 6.45) is 4.62. The molecule has 0 fully saturated rings. The van der Waals surface area contributed by atoms with Crippen molar-refractivity contribution in [1.82, 2.24) is 19.7 Å². The Morgan fingerprint density at radius 3 is 3.07 bits per heavy atom. The van der Waals surface area contributed by atoms with Crippen LogP contribution in [-0.2, 0) is 0 Å². The van der Waals surface area contributed by atoms with Gasteiger partial charge < -0.3 is 5.32 Å². The number of fused-ring (bicyclic) bond motifs is 1. The molecule has 2 aromatic heterocycles. The Labute approximate surface area is 91.1 Å². The summed E-state index contributed by atoms with van der Waals surface area (Å²) >= 11 is 5.74. The van der Waals surface area contributed by atoms with Gasteiger partial charge in [-0.2, -0.15) is 0 Å². The minimum absolute atomic E-state index is 0.0349. The first kappa shape index (κ1) is 10.1. The van der Waals surface area contributed by atoms with E-state index in [4.69, 9.17) is 11.6 Å². The van der Waals surface area contributed by atoms with E-state index in [1.165, 1.54) is 12.4 Å². The Morgan fingerprint density at radius 1 is 1.53 bits per heavy atom. The lowest BCUT2D eigenvalue weighted by molar-refractivity contribution is 0.0988. The maximum absolute atomic E-state index is 11.6. The molecule has 78 valence electrons. The molecule has 0 unspecified atom stereocenters. The number of hydrogen-bond donors (Lipinski definition) is 1. The number of halogens is 1. The van der Waals surface area contributed by atoms with Crippen molar-refractivity contribution in [2.45, 2.75) is 0 Å². The van der Waals surface area contributed by atoms with E-state index in [1.807, 2.05) is 0 Å². The van der Waals surface area contributed by atoms with Gasteiger partial charge in [0, 0.05) is 6.20 Å². The summed E-state index contributed by atoms with van der Waals surface area (Å²) in [6, 6.07) is 0. The number of aromatic nitrogens is 3. The van der Waals surface area contributed by atoms with Crippen LogP contribution in [0.3, 0.4) is 0 Å². The molecule has 0 aliphatic carbocycles. The van der Waals surface area contributed by atoms with Crippen molar-refractivity contribution in [3.63, 3.8) is 0 Å². The van der Waals surface area contributed by atoms with E-state index < -0.39 is 0 Å². The number of likely N-dealkylation sites (N-methyl/N-ethyl adjacent to an activating group) is 1. The second kappa shape index (κ2) is 3.96. The zero-order valence-electron chi connectivity index (χ0n) is 8.07. The van der Waals surface area contributed by atoms with Gasteiger partial charge in [-0.25, -0.2) is 9.97 Å². The zero-order valence-corrected chi connectivity index (χ0v) is 8.82. The molecule has 0 bridgehead atoms. The van der Waals surface area contributed by atoms with Crippen LogP contribution in [0.25, 0.3) is 5.65 Å². The Balaban J connectivity index is 2.52. The molecule has 0 saturated carbocycles. The summed E-state index contributed by atoms with van der Waals surface area (Å²) in [6.45, 7) is 0.272. The van der Waals surface area contributed by atoms with Crippen LogP contribution >= 0.6 is 11.6 Å². The molecular formula is C9H9ClN4O. The van der Waals surface area contributed by atoms with Crippen LogP contribution in [0.1, 0.15) is 10.5 Å². The van der Waals surface area contributed by atoms with Crippen molar-refractivity contribution in [1.29, 1.82) is 0 Å². The second-order valence-electron chi connectivity index (χ2n) is 3.04. The summed E-state index contributed by atoms with van der Waals surface area (Å²) in [5, 5.41) is 3.13. The van der Waals surface area contributed by atoms with E-state index >= 15 is 0 Å². The second-order valence-corrected chi connectivity index (χ2v) is 3.42. The number of imidazole rings is 1. The number of nitrogens with zero attached hydrogens (tertiary/aromatic N) is 3. The van der Waals surface area contributed by atoms with E-state index in [2.05, 4.69) is 15.3 Å². The fourth-order valence-corrected chi connectivity index (χ4v) is 1.47. The molecule has 6 heteroatoms. The molecule has 0 spiro atoms. The molecule has 0 aliphatic heterocycles. The number of hydrogen-bond acceptors (Lipinski definition) is 4. The quantitative estimate of drug-likeness (QED) is 0.783. The highest BCUT2D eigenvalue weighted by Crippen LogP contribution is 2.10. The highest BCUT2D eigenvalue weighted by molar-refractivity contribution is 6.29. The lowest BCUT2D eigenvalue weighted by atomic mass is 10.3. The van der Waals surface area contributed by atoms with Crippen molar-refractivity contribution in [3.05, 3.63) is 29.4 Å². The maximum Gasteiger partial charge on any atom is 0.194 e.